The first kappa shape index (κ1) is 18.5. The van der Waals surface area contributed by atoms with Crippen molar-refractivity contribution in [2.75, 3.05) is 6.26 Å². The van der Waals surface area contributed by atoms with Crippen LogP contribution in [0.5, 0.6) is 0 Å². The maximum atomic E-state index is 11.5. The Morgan fingerprint density at radius 1 is 1.11 bits per heavy atom. The molecule has 0 bridgehead atoms. The summed E-state index contributed by atoms with van der Waals surface area (Å²) in [7, 11) is 0. The lowest BCUT2D eigenvalue weighted by molar-refractivity contribution is -0.154. The van der Waals surface area contributed by atoms with Gasteiger partial charge in [0.15, 0.2) is 0 Å². The van der Waals surface area contributed by atoms with Crippen LogP contribution in [0.2, 0.25) is 0 Å². The molecule has 0 saturated heterocycles. The fourth-order valence-electron chi connectivity index (χ4n) is 1.83. The van der Waals surface area contributed by atoms with E-state index in [1.54, 1.807) is 18.7 Å². The van der Waals surface area contributed by atoms with E-state index in [1.807, 2.05) is 27.0 Å². The average Bonchev–Trinajstić information content (AvgIpc) is 2.25. The van der Waals surface area contributed by atoms with E-state index in [0.717, 1.165) is 32.1 Å². The van der Waals surface area contributed by atoms with E-state index in [1.165, 1.54) is 0 Å². The molecule has 3 nitrogen and oxygen atoms in total. The summed E-state index contributed by atoms with van der Waals surface area (Å²) in [6.07, 6.45) is 7.46. The van der Waals surface area contributed by atoms with Crippen LogP contribution in [-0.2, 0) is 14.3 Å². The Bertz CT molecular complexity index is 282. The van der Waals surface area contributed by atoms with E-state index in [-0.39, 0.29) is 22.6 Å². The standard InChI is InChI=1S/C15H28O3S/c1-12(16)13(19-5)10-8-6-7-9-11-14(17)18-15(2,3)4/h13H,6-11H2,1-5H3. The van der Waals surface area contributed by atoms with Gasteiger partial charge in [-0.1, -0.05) is 19.3 Å². The summed E-state index contributed by atoms with van der Waals surface area (Å²) in [5.41, 5.74) is -0.385. The Morgan fingerprint density at radius 3 is 2.16 bits per heavy atom. The first-order valence-corrected chi connectivity index (χ1v) is 8.30. The van der Waals surface area contributed by atoms with Crippen molar-refractivity contribution in [1.82, 2.24) is 0 Å². The molecular formula is C15H28O3S. The Kier molecular flexibility index (Phi) is 9.15. The predicted molar refractivity (Wildman–Crippen MR) is 81.5 cm³/mol. The number of Topliss-reactive ketones (excluding diaryl/α,β-unsaturated/α-hetero) is 1. The second-order valence-corrected chi connectivity index (χ2v) is 6.91. The van der Waals surface area contributed by atoms with E-state index in [2.05, 4.69) is 0 Å². The minimum atomic E-state index is -0.385. The number of ether oxygens (including phenoxy) is 1. The monoisotopic (exact) mass is 288 g/mol. The molecule has 0 saturated carbocycles. The van der Waals surface area contributed by atoms with Gasteiger partial charge in [-0.2, -0.15) is 11.8 Å². The number of rotatable bonds is 9. The molecule has 1 atom stereocenters. The van der Waals surface area contributed by atoms with Crippen LogP contribution in [0.1, 0.15) is 66.2 Å². The van der Waals surface area contributed by atoms with Crippen LogP contribution in [0.3, 0.4) is 0 Å². The maximum Gasteiger partial charge on any atom is 0.306 e. The molecule has 0 aromatic rings. The minimum absolute atomic E-state index is 0.113. The lowest BCUT2D eigenvalue weighted by Crippen LogP contribution is -2.23. The largest absolute Gasteiger partial charge is 0.460 e. The summed E-state index contributed by atoms with van der Waals surface area (Å²) in [5, 5.41) is 0.144. The van der Waals surface area contributed by atoms with Crippen molar-refractivity contribution in [1.29, 1.82) is 0 Å². The highest BCUT2D eigenvalue weighted by Crippen LogP contribution is 2.17. The quantitative estimate of drug-likeness (QED) is 0.475. The molecule has 0 N–H and O–H groups in total. The highest BCUT2D eigenvalue weighted by atomic mass is 32.2. The van der Waals surface area contributed by atoms with Gasteiger partial charge < -0.3 is 4.74 Å². The molecular weight excluding hydrogens is 260 g/mol. The third-order valence-electron chi connectivity index (χ3n) is 2.76. The number of unbranched alkanes of at least 4 members (excludes halogenated alkanes) is 3. The number of esters is 1. The van der Waals surface area contributed by atoms with Crippen molar-refractivity contribution in [3.05, 3.63) is 0 Å². The lowest BCUT2D eigenvalue weighted by Gasteiger charge is -2.19. The zero-order chi connectivity index (χ0) is 14.9. The van der Waals surface area contributed by atoms with Crippen LogP contribution in [0.4, 0.5) is 0 Å². The first-order valence-electron chi connectivity index (χ1n) is 7.01. The number of ketones is 1. The van der Waals surface area contributed by atoms with Gasteiger partial charge in [0.05, 0.1) is 5.25 Å². The summed E-state index contributed by atoms with van der Waals surface area (Å²) in [6, 6.07) is 0. The Hall–Kier alpha value is -0.510. The smallest absolute Gasteiger partial charge is 0.306 e. The number of carbonyl (C=O) groups excluding carboxylic acids is 2. The van der Waals surface area contributed by atoms with Crippen molar-refractivity contribution < 1.29 is 14.3 Å². The highest BCUT2D eigenvalue weighted by molar-refractivity contribution is 7.99. The van der Waals surface area contributed by atoms with Gasteiger partial charge in [-0.15, -0.1) is 0 Å². The number of hydrogen-bond acceptors (Lipinski definition) is 4. The molecule has 4 heteroatoms. The topological polar surface area (TPSA) is 43.4 Å². The molecule has 0 aliphatic rings. The maximum absolute atomic E-state index is 11.5. The summed E-state index contributed by atoms with van der Waals surface area (Å²) in [4.78, 5) is 22.7. The minimum Gasteiger partial charge on any atom is -0.460 e. The van der Waals surface area contributed by atoms with Crippen molar-refractivity contribution in [3.63, 3.8) is 0 Å². The first-order chi connectivity index (χ1) is 8.76. The predicted octanol–water partition coefficient (Wildman–Crippen LogP) is 3.99. The lowest BCUT2D eigenvalue weighted by atomic mass is 10.1. The molecule has 0 aliphatic heterocycles. The molecule has 1 unspecified atom stereocenters. The third kappa shape index (κ3) is 11.0. The summed E-state index contributed by atoms with van der Waals surface area (Å²) in [5.74, 6) is 0.152. The van der Waals surface area contributed by atoms with Gasteiger partial charge in [0.1, 0.15) is 11.4 Å². The Morgan fingerprint density at radius 2 is 1.68 bits per heavy atom. The van der Waals surface area contributed by atoms with Gasteiger partial charge in [0.25, 0.3) is 0 Å². The fraction of sp³-hybridized carbons (Fsp3) is 0.867. The highest BCUT2D eigenvalue weighted by Gasteiger charge is 2.15. The van der Waals surface area contributed by atoms with Gasteiger partial charge in [-0.25, -0.2) is 0 Å². The number of carbonyl (C=O) groups is 2. The number of hydrogen-bond donors (Lipinski definition) is 0. The summed E-state index contributed by atoms with van der Waals surface area (Å²) in [6.45, 7) is 7.31. The summed E-state index contributed by atoms with van der Waals surface area (Å²) < 4.78 is 5.24. The van der Waals surface area contributed by atoms with Crippen molar-refractivity contribution in [3.8, 4) is 0 Å². The van der Waals surface area contributed by atoms with Crippen molar-refractivity contribution >= 4 is 23.5 Å². The van der Waals surface area contributed by atoms with E-state index in [9.17, 15) is 9.59 Å². The molecule has 0 fully saturated rings. The van der Waals surface area contributed by atoms with Crippen molar-refractivity contribution in [2.24, 2.45) is 0 Å². The molecule has 19 heavy (non-hydrogen) atoms. The van der Waals surface area contributed by atoms with E-state index in [0.29, 0.717) is 6.42 Å². The number of thioether (sulfide) groups is 1. The van der Waals surface area contributed by atoms with Gasteiger partial charge in [-0.05, 0) is 46.8 Å². The summed E-state index contributed by atoms with van der Waals surface area (Å²) >= 11 is 1.63. The van der Waals surface area contributed by atoms with Crippen LogP contribution in [0, 0.1) is 0 Å². The zero-order valence-corrected chi connectivity index (χ0v) is 13.8. The Balaban J connectivity index is 3.55. The normalized spacial score (nSPS) is 13.1. The molecule has 0 amide bonds. The van der Waals surface area contributed by atoms with Crippen molar-refractivity contribution in [2.45, 2.75) is 77.1 Å². The molecule has 0 aliphatic carbocycles. The zero-order valence-electron chi connectivity index (χ0n) is 13.0. The van der Waals surface area contributed by atoms with Crippen LogP contribution < -0.4 is 0 Å². The third-order valence-corrected chi connectivity index (χ3v) is 3.89. The van der Waals surface area contributed by atoms with Crippen LogP contribution in [0.15, 0.2) is 0 Å². The van der Waals surface area contributed by atoms with Crippen LogP contribution in [0.25, 0.3) is 0 Å². The molecule has 0 radical (unpaired) electrons. The molecule has 0 aromatic heterocycles. The average molecular weight is 288 g/mol. The Labute approximate surface area is 121 Å². The van der Waals surface area contributed by atoms with Gasteiger partial charge >= 0.3 is 5.97 Å². The van der Waals surface area contributed by atoms with E-state index in [4.69, 9.17) is 4.74 Å². The van der Waals surface area contributed by atoms with Crippen LogP contribution in [-0.4, -0.2) is 28.9 Å². The van der Waals surface area contributed by atoms with Gasteiger partial charge in [-0.3, -0.25) is 9.59 Å². The van der Waals surface area contributed by atoms with Gasteiger partial charge in [0, 0.05) is 6.42 Å². The second kappa shape index (κ2) is 9.40. The van der Waals surface area contributed by atoms with E-state index < -0.39 is 0 Å². The van der Waals surface area contributed by atoms with Gasteiger partial charge in [0.2, 0.25) is 0 Å². The molecule has 0 aromatic carbocycles. The van der Waals surface area contributed by atoms with Crippen LogP contribution >= 0.6 is 11.8 Å². The molecule has 112 valence electrons. The molecule has 0 rings (SSSR count). The SMILES string of the molecule is CSC(CCCCCCC(=O)OC(C)(C)C)C(C)=O. The fourth-order valence-corrected chi connectivity index (χ4v) is 2.57. The van der Waals surface area contributed by atoms with E-state index >= 15 is 0 Å². The second-order valence-electron chi connectivity index (χ2n) is 5.87. The molecule has 0 spiro atoms. The molecule has 0 heterocycles.